The Morgan fingerprint density at radius 2 is 2.26 bits per heavy atom. The van der Waals surface area contributed by atoms with Crippen molar-refractivity contribution in [1.29, 1.82) is 0 Å². The van der Waals surface area contributed by atoms with Crippen LogP contribution in [0, 0.1) is 0 Å². The fourth-order valence-corrected chi connectivity index (χ4v) is 2.42. The zero-order valence-corrected chi connectivity index (χ0v) is 11.9. The van der Waals surface area contributed by atoms with E-state index in [9.17, 15) is 0 Å². The molecule has 1 heterocycles. The van der Waals surface area contributed by atoms with Gasteiger partial charge in [0.25, 0.3) is 0 Å². The topological polar surface area (TPSA) is 30.5 Å². The first kappa shape index (κ1) is 14.4. The molecule has 0 amide bonds. The molecule has 1 unspecified atom stereocenters. The van der Waals surface area contributed by atoms with Crippen molar-refractivity contribution in [1.82, 2.24) is 5.32 Å². The quantitative estimate of drug-likeness (QED) is 0.731. The van der Waals surface area contributed by atoms with Crippen LogP contribution in [-0.4, -0.2) is 25.9 Å². The summed E-state index contributed by atoms with van der Waals surface area (Å²) in [6.07, 6.45) is 5.10. The van der Waals surface area contributed by atoms with E-state index in [2.05, 4.69) is 30.4 Å². The summed E-state index contributed by atoms with van der Waals surface area (Å²) < 4.78 is 11.5. The second-order valence-electron chi connectivity index (χ2n) is 5.01. The van der Waals surface area contributed by atoms with Crippen LogP contribution in [0.3, 0.4) is 0 Å². The lowest BCUT2D eigenvalue weighted by Crippen LogP contribution is -2.13. The summed E-state index contributed by atoms with van der Waals surface area (Å²) in [6.45, 7) is 5.69. The van der Waals surface area contributed by atoms with E-state index in [4.69, 9.17) is 9.47 Å². The third kappa shape index (κ3) is 4.84. The Bertz CT molecular complexity index is 362. The minimum atomic E-state index is 0.473. The van der Waals surface area contributed by atoms with E-state index in [0.717, 1.165) is 44.9 Å². The van der Waals surface area contributed by atoms with Gasteiger partial charge >= 0.3 is 0 Å². The number of rotatable bonds is 8. The molecular formula is C16H25NO2. The summed E-state index contributed by atoms with van der Waals surface area (Å²) in [5, 5.41) is 3.34. The standard InChI is InChI=1S/C16H25NO2/c1-2-17-13-14-7-3-4-10-16(14)19-12-6-9-15-8-5-11-18-15/h3-4,7,10,15,17H,2,5-6,8-9,11-13H2,1H3. The van der Waals surface area contributed by atoms with Crippen LogP contribution in [0.1, 0.15) is 38.2 Å². The number of para-hydroxylation sites is 1. The second kappa shape index (κ2) is 8.18. The van der Waals surface area contributed by atoms with Crippen molar-refractivity contribution in [2.24, 2.45) is 0 Å². The van der Waals surface area contributed by atoms with Crippen LogP contribution < -0.4 is 10.1 Å². The molecular weight excluding hydrogens is 238 g/mol. The van der Waals surface area contributed by atoms with Gasteiger partial charge in [-0.05, 0) is 38.3 Å². The van der Waals surface area contributed by atoms with E-state index >= 15 is 0 Å². The molecule has 106 valence electrons. The third-order valence-corrected chi connectivity index (χ3v) is 3.49. The van der Waals surface area contributed by atoms with Crippen molar-refractivity contribution in [3.8, 4) is 5.75 Å². The van der Waals surface area contributed by atoms with Gasteiger partial charge in [0.2, 0.25) is 0 Å². The molecule has 0 spiro atoms. The molecule has 0 radical (unpaired) electrons. The molecule has 1 aliphatic heterocycles. The molecule has 1 aliphatic rings. The monoisotopic (exact) mass is 263 g/mol. The molecule has 2 rings (SSSR count). The first-order chi connectivity index (χ1) is 9.40. The lowest BCUT2D eigenvalue weighted by molar-refractivity contribution is 0.0981. The number of hydrogen-bond acceptors (Lipinski definition) is 3. The maximum atomic E-state index is 5.90. The van der Waals surface area contributed by atoms with Crippen LogP contribution >= 0.6 is 0 Å². The van der Waals surface area contributed by atoms with Crippen molar-refractivity contribution < 1.29 is 9.47 Å². The molecule has 1 aromatic carbocycles. The number of hydrogen-bond donors (Lipinski definition) is 1. The van der Waals surface area contributed by atoms with Gasteiger partial charge < -0.3 is 14.8 Å². The molecule has 1 saturated heterocycles. The average Bonchev–Trinajstić information content (AvgIpc) is 2.95. The Balaban J connectivity index is 1.72. The van der Waals surface area contributed by atoms with E-state index in [1.807, 2.05) is 6.07 Å². The van der Waals surface area contributed by atoms with E-state index < -0.39 is 0 Å². The molecule has 1 fully saturated rings. The molecule has 3 nitrogen and oxygen atoms in total. The van der Waals surface area contributed by atoms with E-state index in [0.29, 0.717) is 6.10 Å². The lowest BCUT2D eigenvalue weighted by Gasteiger charge is -2.13. The molecule has 0 saturated carbocycles. The molecule has 0 aliphatic carbocycles. The first-order valence-electron chi connectivity index (χ1n) is 7.43. The number of nitrogens with one attached hydrogen (secondary N) is 1. The van der Waals surface area contributed by atoms with Crippen molar-refractivity contribution >= 4 is 0 Å². The Hall–Kier alpha value is -1.06. The van der Waals surface area contributed by atoms with Gasteiger partial charge in [0.1, 0.15) is 5.75 Å². The van der Waals surface area contributed by atoms with E-state index in [1.54, 1.807) is 0 Å². The maximum absolute atomic E-state index is 5.90. The minimum Gasteiger partial charge on any atom is -0.493 e. The maximum Gasteiger partial charge on any atom is 0.123 e. The van der Waals surface area contributed by atoms with E-state index in [1.165, 1.54) is 18.4 Å². The van der Waals surface area contributed by atoms with Crippen LogP contribution in [0.2, 0.25) is 0 Å². The van der Waals surface area contributed by atoms with Gasteiger partial charge in [-0.3, -0.25) is 0 Å². The minimum absolute atomic E-state index is 0.473. The predicted octanol–water partition coefficient (Wildman–Crippen LogP) is 3.13. The number of ether oxygens (including phenoxy) is 2. The van der Waals surface area contributed by atoms with Crippen LogP contribution in [0.5, 0.6) is 5.75 Å². The summed E-state index contributed by atoms with van der Waals surface area (Å²) in [7, 11) is 0. The largest absolute Gasteiger partial charge is 0.493 e. The Labute approximate surface area is 116 Å². The van der Waals surface area contributed by atoms with E-state index in [-0.39, 0.29) is 0 Å². The van der Waals surface area contributed by atoms with Gasteiger partial charge in [0, 0.05) is 18.7 Å². The Kier molecular flexibility index (Phi) is 6.18. The van der Waals surface area contributed by atoms with Gasteiger partial charge in [0.15, 0.2) is 0 Å². The second-order valence-corrected chi connectivity index (χ2v) is 5.01. The van der Waals surface area contributed by atoms with Crippen molar-refractivity contribution in [2.45, 2.75) is 45.3 Å². The SMILES string of the molecule is CCNCc1ccccc1OCCCC1CCCO1. The van der Waals surface area contributed by atoms with Gasteiger partial charge in [-0.2, -0.15) is 0 Å². The highest BCUT2D eigenvalue weighted by molar-refractivity contribution is 5.33. The summed E-state index contributed by atoms with van der Waals surface area (Å²) >= 11 is 0. The lowest BCUT2D eigenvalue weighted by atomic mass is 10.1. The fraction of sp³-hybridized carbons (Fsp3) is 0.625. The highest BCUT2D eigenvalue weighted by Crippen LogP contribution is 2.20. The van der Waals surface area contributed by atoms with Crippen molar-refractivity contribution in [3.63, 3.8) is 0 Å². The Morgan fingerprint density at radius 3 is 3.05 bits per heavy atom. The molecule has 1 atom stereocenters. The highest BCUT2D eigenvalue weighted by Gasteiger charge is 2.14. The van der Waals surface area contributed by atoms with Crippen LogP contribution in [-0.2, 0) is 11.3 Å². The molecule has 3 heteroatoms. The summed E-state index contributed by atoms with van der Waals surface area (Å²) in [6, 6.07) is 8.27. The van der Waals surface area contributed by atoms with Crippen LogP contribution in [0.25, 0.3) is 0 Å². The van der Waals surface area contributed by atoms with Gasteiger partial charge in [-0.15, -0.1) is 0 Å². The molecule has 0 bridgehead atoms. The molecule has 1 aromatic rings. The molecule has 0 aromatic heterocycles. The van der Waals surface area contributed by atoms with Crippen molar-refractivity contribution in [2.75, 3.05) is 19.8 Å². The molecule has 19 heavy (non-hydrogen) atoms. The number of benzene rings is 1. The summed E-state index contributed by atoms with van der Waals surface area (Å²) in [5.74, 6) is 1.01. The van der Waals surface area contributed by atoms with Gasteiger partial charge in [-0.25, -0.2) is 0 Å². The van der Waals surface area contributed by atoms with Crippen LogP contribution in [0.4, 0.5) is 0 Å². The zero-order valence-electron chi connectivity index (χ0n) is 11.9. The van der Waals surface area contributed by atoms with Crippen molar-refractivity contribution in [3.05, 3.63) is 29.8 Å². The van der Waals surface area contributed by atoms with Crippen LogP contribution in [0.15, 0.2) is 24.3 Å². The molecule has 1 N–H and O–H groups in total. The summed E-state index contributed by atoms with van der Waals surface area (Å²) in [5.41, 5.74) is 1.24. The van der Waals surface area contributed by atoms with Gasteiger partial charge in [-0.1, -0.05) is 25.1 Å². The predicted molar refractivity (Wildman–Crippen MR) is 77.5 cm³/mol. The summed E-state index contributed by atoms with van der Waals surface area (Å²) in [4.78, 5) is 0. The first-order valence-corrected chi connectivity index (χ1v) is 7.43. The fourth-order valence-electron chi connectivity index (χ4n) is 2.42. The van der Waals surface area contributed by atoms with Gasteiger partial charge in [0.05, 0.1) is 12.7 Å². The smallest absolute Gasteiger partial charge is 0.123 e. The zero-order chi connectivity index (χ0) is 13.3. The average molecular weight is 263 g/mol. The normalized spacial score (nSPS) is 18.7. The highest BCUT2D eigenvalue weighted by atomic mass is 16.5. The Morgan fingerprint density at radius 1 is 1.37 bits per heavy atom. The third-order valence-electron chi connectivity index (χ3n) is 3.49.